The van der Waals surface area contributed by atoms with E-state index in [1.54, 1.807) is 6.07 Å². The van der Waals surface area contributed by atoms with E-state index in [0.29, 0.717) is 25.1 Å². The molecule has 0 aliphatic rings. The van der Waals surface area contributed by atoms with Crippen LogP contribution < -0.4 is 5.32 Å². The summed E-state index contributed by atoms with van der Waals surface area (Å²) in [5, 5.41) is 21.7. The zero-order chi connectivity index (χ0) is 13.8. The molecule has 5 nitrogen and oxygen atoms in total. The predicted molar refractivity (Wildman–Crippen MR) is 67.5 cm³/mol. The van der Waals surface area contributed by atoms with Crippen LogP contribution in [0.5, 0.6) is 0 Å². The number of hydrogen-bond acceptors (Lipinski definition) is 4. The van der Waals surface area contributed by atoms with Gasteiger partial charge in [-0.15, -0.1) is 0 Å². The van der Waals surface area contributed by atoms with Crippen molar-refractivity contribution in [2.45, 2.75) is 39.8 Å². The fourth-order valence-electron chi connectivity index (χ4n) is 1.82. The van der Waals surface area contributed by atoms with Gasteiger partial charge in [0, 0.05) is 18.7 Å². The SMILES string of the molecule is CC(C)(C)CC(O)CNCc1ccoc1C(=O)O. The molecular weight excluding hydrogens is 234 g/mol. The highest BCUT2D eigenvalue weighted by molar-refractivity contribution is 5.86. The summed E-state index contributed by atoms with van der Waals surface area (Å²) < 4.78 is 4.86. The lowest BCUT2D eigenvalue weighted by Crippen LogP contribution is -2.30. The van der Waals surface area contributed by atoms with Gasteiger partial charge in [-0.1, -0.05) is 20.8 Å². The van der Waals surface area contributed by atoms with Crippen LogP contribution in [0.25, 0.3) is 0 Å². The Morgan fingerprint density at radius 2 is 2.17 bits per heavy atom. The Bertz CT molecular complexity index is 392. The van der Waals surface area contributed by atoms with Crippen molar-refractivity contribution in [2.75, 3.05) is 6.54 Å². The lowest BCUT2D eigenvalue weighted by Gasteiger charge is -2.22. The Morgan fingerprint density at radius 1 is 1.50 bits per heavy atom. The molecule has 0 fully saturated rings. The van der Waals surface area contributed by atoms with Crippen LogP contribution in [-0.4, -0.2) is 28.8 Å². The Kier molecular flexibility index (Phi) is 4.93. The highest BCUT2D eigenvalue weighted by Crippen LogP contribution is 2.20. The van der Waals surface area contributed by atoms with Gasteiger partial charge in [-0.05, 0) is 17.9 Å². The first-order valence-corrected chi connectivity index (χ1v) is 5.98. The Morgan fingerprint density at radius 3 is 2.72 bits per heavy atom. The maximum absolute atomic E-state index is 10.8. The second-order valence-electron chi connectivity index (χ2n) is 5.63. The predicted octanol–water partition coefficient (Wildman–Crippen LogP) is 1.86. The van der Waals surface area contributed by atoms with E-state index < -0.39 is 12.1 Å². The fraction of sp³-hybridized carbons (Fsp3) is 0.615. The van der Waals surface area contributed by atoms with Crippen molar-refractivity contribution < 1.29 is 19.4 Å². The van der Waals surface area contributed by atoms with E-state index in [4.69, 9.17) is 9.52 Å². The van der Waals surface area contributed by atoms with Crippen LogP contribution in [0.2, 0.25) is 0 Å². The number of carbonyl (C=O) groups is 1. The number of aliphatic hydroxyl groups is 1. The van der Waals surface area contributed by atoms with Gasteiger partial charge in [0.2, 0.25) is 5.76 Å². The maximum atomic E-state index is 10.8. The van der Waals surface area contributed by atoms with Gasteiger partial charge in [-0.25, -0.2) is 4.79 Å². The Hall–Kier alpha value is -1.33. The molecule has 0 radical (unpaired) electrons. The van der Waals surface area contributed by atoms with Crippen LogP contribution in [0, 0.1) is 5.41 Å². The monoisotopic (exact) mass is 255 g/mol. The molecule has 1 atom stereocenters. The number of rotatable bonds is 6. The van der Waals surface area contributed by atoms with Gasteiger partial charge in [0.1, 0.15) is 0 Å². The largest absolute Gasteiger partial charge is 0.475 e. The van der Waals surface area contributed by atoms with Crippen LogP contribution in [0.3, 0.4) is 0 Å². The van der Waals surface area contributed by atoms with E-state index in [9.17, 15) is 9.90 Å². The van der Waals surface area contributed by atoms with Crippen molar-refractivity contribution in [2.24, 2.45) is 5.41 Å². The number of aliphatic hydroxyl groups excluding tert-OH is 1. The smallest absolute Gasteiger partial charge is 0.372 e. The minimum absolute atomic E-state index is 0.0483. The van der Waals surface area contributed by atoms with E-state index in [2.05, 4.69) is 26.1 Å². The molecule has 102 valence electrons. The third kappa shape index (κ3) is 4.89. The van der Waals surface area contributed by atoms with E-state index in [0.717, 1.165) is 0 Å². The summed E-state index contributed by atoms with van der Waals surface area (Å²) in [5.41, 5.74) is 0.661. The summed E-state index contributed by atoms with van der Waals surface area (Å²) in [6.45, 7) is 7.00. The quantitative estimate of drug-likeness (QED) is 0.722. The lowest BCUT2D eigenvalue weighted by atomic mass is 9.89. The van der Waals surface area contributed by atoms with Crippen LogP contribution in [0.1, 0.15) is 43.3 Å². The van der Waals surface area contributed by atoms with Gasteiger partial charge in [-0.2, -0.15) is 0 Å². The van der Waals surface area contributed by atoms with Gasteiger partial charge in [0.05, 0.1) is 12.4 Å². The molecule has 1 heterocycles. The second-order valence-corrected chi connectivity index (χ2v) is 5.63. The first-order valence-electron chi connectivity index (χ1n) is 5.98. The second kappa shape index (κ2) is 6.02. The minimum atomic E-state index is -1.08. The van der Waals surface area contributed by atoms with Crippen LogP contribution >= 0.6 is 0 Å². The van der Waals surface area contributed by atoms with Crippen molar-refractivity contribution in [3.63, 3.8) is 0 Å². The van der Waals surface area contributed by atoms with Gasteiger partial charge < -0.3 is 19.9 Å². The summed E-state index contributed by atoms with van der Waals surface area (Å²) in [6.07, 6.45) is 1.61. The standard InChI is InChI=1S/C13H21NO4/c1-13(2,3)6-10(15)8-14-7-9-4-5-18-11(9)12(16)17/h4-5,10,14-15H,6-8H2,1-3H3,(H,16,17). The van der Waals surface area contributed by atoms with Crippen molar-refractivity contribution >= 4 is 5.97 Å². The summed E-state index contributed by atoms with van der Waals surface area (Å²) in [4.78, 5) is 10.8. The molecule has 1 aromatic heterocycles. The van der Waals surface area contributed by atoms with Gasteiger partial charge in [0.25, 0.3) is 0 Å². The van der Waals surface area contributed by atoms with Crippen LogP contribution in [-0.2, 0) is 6.54 Å². The molecule has 18 heavy (non-hydrogen) atoms. The average Bonchev–Trinajstić information content (AvgIpc) is 2.62. The third-order valence-corrected chi connectivity index (χ3v) is 2.48. The highest BCUT2D eigenvalue weighted by atomic mass is 16.4. The van der Waals surface area contributed by atoms with E-state index in [1.165, 1.54) is 6.26 Å². The molecule has 1 rings (SSSR count). The van der Waals surface area contributed by atoms with Gasteiger partial charge >= 0.3 is 5.97 Å². The highest BCUT2D eigenvalue weighted by Gasteiger charge is 2.17. The maximum Gasteiger partial charge on any atom is 0.372 e. The zero-order valence-corrected chi connectivity index (χ0v) is 11.1. The summed E-state index contributed by atoms with van der Waals surface area (Å²) in [5.74, 6) is -1.13. The van der Waals surface area contributed by atoms with Gasteiger partial charge in [0.15, 0.2) is 0 Å². The van der Waals surface area contributed by atoms with E-state index in [-0.39, 0.29) is 11.2 Å². The first kappa shape index (κ1) is 14.7. The molecule has 0 aliphatic carbocycles. The molecule has 3 N–H and O–H groups in total. The van der Waals surface area contributed by atoms with E-state index in [1.807, 2.05) is 0 Å². The van der Waals surface area contributed by atoms with Gasteiger partial charge in [-0.3, -0.25) is 0 Å². The zero-order valence-electron chi connectivity index (χ0n) is 11.1. The molecule has 0 aromatic carbocycles. The molecule has 0 amide bonds. The number of nitrogens with one attached hydrogen (secondary N) is 1. The molecule has 0 bridgehead atoms. The number of carboxylic acid groups (broad SMARTS) is 1. The van der Waals surface area contributed by atoms with Crippen molar-refractivity contribution in [3.05, 3.63) is 23.7 Å². The van der Waals surface area contributed by atoms with Crippen LogP contribution in [0.15, 0.2) is 16.7 Å². The molecular formula is C13H21NO4. The molecule has 0 saturated carbocycles. The molecule has 0 aliphatic heterocycles. The Labute approximate surface area is 107 Å². The number of furan rings is 1. The number of hydrogen-bond donors (Lipinski definition) is 3. The minimum Gasteiger partial charge on any atom is -0.475 e. The Balaban J connectivity index is 2.38. The summed E-state index contributed by atoms with van der Waals surface area (Å²) in [7, 11) is 0. The fourth-order valence-corrected chi connectivity index (χ4v) is 1.82. The molecule has 0 saturated heterocycles. The summed E-state index contributed by atoms with van der Waals surface area (Å²) in [6, 6.07) is 1.62. The average molecular weight is 255 g/mol. The van der Waals surface area contributed by atoms with E-state index >= 15 is 0 Å². The molecule has 1 unspecified atom stereocenters. The third-order valence-electron chi connectivity index (χ3n) is 2.48. The topological polar surface area (TPSA) is 82.7 Å². The molecule has 1 aromatic rings. The molecule has 0 spiro atoms. The normalized spacial score (nSPS) is 13.6. The summed E-state index contributed by atoms with van der Waals surface area (Å²) >= 11 is 0. The van der Waals surface area contributed by atoms with Crippen LogP contribution in [0.4, 0.5) is 0 Å². The number of carboxylic acids is 1. The van der Waals surface area contributed by atoms with Crippen molar-refractivity contribution in [1.82, 2.24) is 5.32 Å². The first-order chi connectivity index (χ1) is 8.29. The van der Waals surface area contributed by atoms with Crippen molar-refractivity contribution in [3.8, 4) is 0 Å². The number of aromatic carboxylic acids is 1. The molecule has 5 heteroatoms. The van der Waals surface area contributed by atoms with Crippen molar-refractivity contribution in [1.29, 1.82) is 0 Å². The lowest BCUT2D eigenvalue weighted by molar-refractivity contribution is 0.0660.